The maximum absolute atomic E-state index is 2.59. The quantitative estimate of drug-likeness (QED) is 0.0573. The van der Waals surface area contributed by atoms with Gasteiger partial charge in [0, 0.05) is 37.6 Å². The summed E-state index contributed by atoms with van der Waals surface area (Å²) in [5, 5.41) is 0. The molecule has 266 valence electrons. The van der Waals surface area contributed by atoms with E-state index in [9.17, 15) is 0 Å². The Morgan fingerprint density at radius 2 is 0.680 bits per heavy atom. The van der Waals surface area contributed by atoms with Gasteiger partial charge in [-0.3, -0.25) is 0 Å². The zero-order chi connectivity index (χ0) is 35.2. The number of benzene rings is 4. The summed E-state index contributed by atoms with van der Waals surface area (Å²) in [7, 11) is 0. The second kappa shape index (κ2) is 22.6. The van der Waals surface area contributed by atoms with Crippen molar-refractivity contribution < 1.29 is 0 Å². The summed E-state index contributed by atoms with van der Waals surface area (Å²) in [5.41, 5.74) is 10.1. The second-order valence-electron chi connectivity index (χ2n) is 13.8. The molecule has 4 rings (SSSR count). The zero-order valence-electron chi connectivity index (χ0n) is 31.8. The lowest BCUT2D eigenvalue weighted by Crippen LogP contribution is -2.25. The molecule has 0 aliphatic heterocycles. The van der Waals surface area contributed by atoms with Crippen LogP contribution in [0.2, 0.25) is 0 Å². The van der Waals surface area contributed by atoms with E-state index in [1.165, 1.54) is 122 Å². The maximum atomic E-state index is 2.59. The molecule has 0 bridgehead atoms. The summed E-state index contributed by atoms with van der Waals surface area (Å²) < 4.78 is 0. The van der Waals surface area contributed by atoms with Gasteiger partial charge in [-0.1, -0.05) is 176 Å². The lowest BCUT2D eigenvalue weighted by Gasteiger charge is -2.25. The summed E-state index contributed by atoms with van der Waals surface area (Å²) in [4.78, 5) is 5.18. The third-order valence-electron chi connectivity index (χ3n) is 9.77. The third-order valence-corrected chi connectivity index (χ3v) is 9.77. The molecule has 50 heavy (non-hydrogen) atoms. The molecule has 0 radical (unpaired) electrons. The molecule has 0 aliphatic rings. The van der Waals surface area contributed by atoms with Crippen LogP contribution in [0.5, 0.6) is 0 Å². The summed E-state index contributed by atoms with van der Waals surface area (Å²) in [5.74, 6) is 0. The number of rotatable bonds is 23. The molecule has 0 atom stereocenters. The summed E-state index contributed by atoms with van der Waals surface area (Å²) in [6.45, 7) is 13.7. The number of nitrogens with zero attached hydrogens (tertiary/aromatic N) is 2. The standard InChI is InChI=1S/C48H64N2/c1-5-9-17-37-49(38-18-10-6-2)45-33-27-41(28-34-45)25-31-43-21-13-15-23-47(43)48-24-16-14-22-44(48)32-26-42-29-35-46(36-30-42)50(39-19-11-7-3)40-20-12-8-4/h13-16,21-36H,5-12,17-20,37-40H2,1-4H3/b31-25+,32-26+. The molecule has 0 saturated carbocycles. The van der Waals surface area contributed by atoms with Crippen molar-refractivity contribution >= 4 is 35.7 Å². The number of hydrogen-bond acceptors (Lipinski definition) is 2. The average molecular weight is 669 g/mol. The molecule has 0 heterocycles. The van der Waals surface area contributed by atoms with Crippen LogP contribution in [0.1, 0.15) is 127 Å². The van der Waals surface area contributed by atoms with Gasteiger partial charge >= 0.3 is 0 Å². The van der Waals surface area contributed by atoms with E-state index in [2.05, 4.69) is 159 Å². The van der Waals surface area contributed by atoms with E-state index in [0.717, 1.165) is 26.2 Å². The molecule has 2 nitrogen and oxygen atoms in total. The first-order chi connectivity index (χ1) is 24.7. The van der Waals surface area contributed by atoms with Gasteiger partial charge in [0.1, 0.15) is 0 Å². The van der Waals surface area contributed by atoms with Crippen LogP contribution in [0.4, 0.5) is 11.4 Å². The molecule has 0 aliphatic carbocycles. The van der Waals surface area contributed by atoms with Crippen LogP contribution in [-0.4, -0.2) is 26.2 Å². The lowest BCUT2D eigenvalue weighted by atomic mass is 9.94. The van der Waals surface area contributed by atoms with E-state index < -0.39 is 0 Å². The largest absolute Gasteiger partial charge is 0.372 e. The van der Waals surface area contributed by atoms with Gasteiger partial charge in [-0.05, 0) is 83.3 Å². The van der Waals surface area contributed by atoms with Crippen LogP contribution >= 0.6 is 0 Å². The van der Waals surface area contributed by atoms with Gasteiger partial charge < -0.3 is 9.80 Å². The van der Waals surface area contributed by atoms with Crippen molar-refractivity contribution in [2.24, 2.45) is 0 Å². The monoisotopic (exact) mass is 669 g/mol. The van der Waals surface area contributed by atoms with Gasteiger partial charge in [0.25, 0.3) is 0 Å². The van der Waals surface area contributed by atoms with Crippen LogP contribution in [-0.2, 0) is 0 Å². The van der Waals surface area contributed by atoms with Crippen LogP contribution in [0.15, 0.2) is 97.1 Å². The van der Waals surface area contributed by atoms with Crippen molar-refractivity contribution in [2.75, 3.05) is 36.0 Å². The first-order valence-corrected chi connectivity index (χ1v) is 19.9. The highest BCUT2D eigenvalue weighted by molar-refractivity contribution is 5.87. The highest BCUT2D eigenvalue weighted by Crippen LogP contribution is 2.30. The SMILES string of the molecule is CCCCCN(CCCCC)c1ccc(/C=C/c2ccccc2-c2ccccc2/C=C/c2ccc(N(CCCCC)CCCCC)cc2)cc1. The van der Waals surface area contributed by atoms with Gasteiger partial charge in [-0.15, -0.1) is 0 Å². The molecule has 0 unspecified atom stereocenters. The van der Waals surface area contributed by atoms with Crippen molar-refractivity contribution in [3.63, 3.8) is 0 Å². The van der Waals surface area contributed by atoms with Crippen molar-refractivity contribution in [1.82, 2.24) is 0 Å². The van der Waals surface area contributed by atoms with Crippen LogP contribution in [0.25, 0.3) is 35.4 Å². The molecule has 0 spiro atoms. The molecule has 0 aromatic heterocycles. The topological polar surface area (TPSA) is 6.48 Å². The first kappa shape index (κ1) is 38.8. The van der Waals surface area contributed by atoms with Gasteiger partial charge in [0.05, 0.1) is 0 Å². The molecular weight excluding hydrogens is 605 g/mol. The van der Waals surface area contributed by atoms with E-state index >= 15 is 0 Å². The Kier molecular flexibility index (Phi) is 17.5. The van der Waals surface area contributed by atoms with Crippen molar-refractivity contribution in [3.8, 4) is 11.1 Å². The minimum atomic E-state index is 1.15. The van der Waals surface area contributed by atoms with Crippen molar-refractivity contribution in [3.05, 3.63) is 119 Å². The molecular formula is C48H64N2. The van der Waals surface area contributed by atoms with E-state index in [1.54, 1.807) is 0 Å². The Hall–Kier alpha value is -4.04. The molecule has 0 N–H and O–H groups in total. The van der Waals surface area contributed by atoms with E-state index in [1.807, 2.05) is 0 Å². The Morgan fingerprint density at radius 3 is 1.00 bits per heavy atom. The zero-order valence-corrected chi connectivity index (χ0v) is 31.8. The van der Waals surface area contributed by atoms with Gasteiger partial charge in [-0.2, -0.15) is 0 Å². The average Bonchev–Trinajstić information content (AvgIpc) is 3.16. The summed E-state index contributed by atoms with van der Waals surface area (Å²) >= 11 is 0. The van der Waals surface area contributed by atoms with E-state index in [4.69, 9.17) is 0 Å². The molecule has 4 aromatic carbocycles. The Labute approximate surface area is 306 Å². The van der Waals surface area contributed by atoms with Crippen molar-refractivity contribution in [1.29, 1.82) is 0 Å². The Morgan fingerprint density at radius 1 is 0.360 bits per heavy atom. The van der Waals surface area contributed by atoms with E-state index in [-0.39, 0.29) is 0 Å². The number of unbranched alkanes of at least 4 members (excludes halogenated alkanes) is 8. The normalized spacial score (nSPS) is 11.5. The van der Waals surface area contributed by atoms with Crippen LogP contribution in [0.3, 0.4) is 0 Å². The minimum Gasteiger partial charge on any atom is -0.372 e. The fourth-order valence-electron chi connectivity index (χ4n) is 6.69. The highest BCUT2D eigenvalue weighted by atomic mass is 15.1. The van der Waals surface area contributed by atoms with Gasteiger partial charge in [0.15, 0.2) is 0 Å². The van der Waals surface area contributed by atoms with Gasteiger partial charge in [0.2, 0.25) is 0 Å². The fraction of sp³-hybridized carbons (Fsp3) is 0.417. The first-order valence-electron chi connectivity index (χ1n) is 19.9. The summed E-state index contributed by atoms with van der Waals surface area (Å²) in [6, 6.07) is 35.9. The smallest absolute Gasteiger partial charge is 0.0366 e. The minimum absolute atomic E-state index is 1.15. The molecule has 0 fully saturated rings. The molecule has 2 heteroatoms. The second-order valence-corrected chi connectivity index (χ2v) is 13.8. The fourth-order valence-corrected chi connectivity index (χ4v) is 6.69. The third kappa shape index (κ3) is 12.7. The van der Waals surface area contributed by atoms with Gasteiger partial charge in [-0.25, -0.2) is 0 Å². The Balaban J connectivity index is 1.48. The number of anilines is 2. The molecule has 0 amide bonds. The van der Waals surface area contributed by atoms with E-state index in [0.29, 0.717) is 0 Å². The molecule has 4 aromatic rings. The van der Waals surface area contributed by atoms with Crippen molar-refractivity contribution in [2.45, 2.75) is 105 Å². The highest BCUT2D eigenvalue weighted by Gasteiger charge is 2.09. The number of hydrogen-bond donors (Lipinski definition) is 0. The maximum Gasteiger partial charge on any atom is 0.0366 e. The summed E-state index contributed by atoms with van der Waals surface area (Å²) in [6.07, 6.45) is 24.4. The van der Waals surface area contributed by atoms with Crippen LogP contribution in [0, 0.1) is 0 Å². The lowest BCUT2D eigenvalue weighted by molar-refractivity contribution is 0.636. The predicted molar refractivity (Wildman–Crippen MR) is 225 cm³/mol. The molecule has 0 saturated heterocycles. The predicted octanol–water partition coefficient (Wildman–Crippen LogP) is 14.1. The van der Waals surface area contributed by atoms with Crippen LogP contribution < -0.4 is 9.80 Å². The Bertz CT molecular complexity index is 1410.